The Morgan fingerprint density at radius 2 is 2.09 bits per heavy atom. The van der Waals surface area contributed by atoms with E-state index in [1.165, 1.54) is 0 Å². The summed E-state index contributed by atoms with van der Waals surface area (Å²) in [5.41, 5.74) is 0. The molecule has 0 fully saturated rings. The third kappa shape index (κ3) is 14.6. The summed E-state index contributed by atoms with van der Waals surface area (Å²) in [4.78, 5) is 0. The van der Waals surface area contributed by atoms with Crippen molar-refractivity contribution in [2.75, 3.05) is 17.3 Å². The van der Waals surface area contributed by atoms with Crippen molar-refractivity contribution in [3.63, 3.8) is 0 Å². The van der Waals surface area contributed by atoms with E-state index in [0.29, 0.717) is 5.75 Å². The maximum Gasteiger partial charge on any atom is 1.00 e. The average Bonchev–Trinajstić information content (AvgIpc) is 1.87. The topological polar surface area (TPSA) is 40.1 Å². The van der Waals surface area contributed by atoms with Gasteiger partial charge in [0.15, 0.2) is 0 Å². The minimum absolute atomic E-state index is 0. The molecule has 0 aliphatic heterocycles. The molecule has 0 radical (unpaired) electrons. The number of rotatable bonds is 6. The Morgan fingerprint density at radius 3 is 2.55 bits per heavy atom. The van der Waals surface area contributed by atoms with Crippen molar-refractivity contribution in [1.82, 2.24) is 0 Å². The Hall–Kier alpha value is 1.81. The van der Waals surface area contributed by atoms with Gasteiger partial charge in [0.25, 0.3) is 0 Å². The number of hydrogen-bond donors (Lipinski definition) is 0. The molecule has 1 atom stereocenters. The quantitative estimate of drug-likeness (QED) is 0.241. The fourth-order valence-corrected chi connectivity index (χ4v) is 2.69. The molecule has 0 aliphatic rings. The SMILES string of the molecule is CCSSCCCS(=O)[O-].[Na+]. The first-order chi connectivity index (χ1) is 4.77. The van der Waals surface area contributed by atoms with Gasteiger partial charge in [0.05, 0.1) is 0 Å². The van der Waals surface area contributed by atoms with Gasteiger partial charge in [-0.1, -0.05) is 39.6 Å². The third-order valence-corrected chi connectivity index (χ3v) is 3.93. The van der Waals surface area contributed by atoms with Gasteiger partial charge in [-0.05, 0) is 6.42 Å². The molecule has 6 heteroatoms. The van der Waals surface area contributed by atoms with Crippen LogP contribution >= 0.6 is 21.6 Å². The molecular weight excluding hydrogens is 211 g/mol. The first-order valence-electron chi connectivity index (χ1n) is 3.07. The molecule has 62 valence electrons. The van der Waals surface area contributed by atoms with E-state index in [1.807, 2.05) is 0 Å². The minimum Gasteiger partial charge on any atom is -0.772 e. The van der Waals surface area contributed by atoms with E-state index < -0.39 is 11.1 Å². The van der Waals surface area contributed by atoms with Crippen LogP contribution in [0.4, 0.5) is 0 Å². The summed E-state index contributed by atoms with van der Waals surface area (Å²) in [5.74, 6) is 2.33. The third-order valence-electron chi connectivity index (χ3n) is 0.740. The molecule has 0 aliphatic carbocycles. The Bertz CT molecular complexity index is 102. The second-order valence-electron chi connectivity index (χ2n) is 1.59. The van der Waals surface area contributed by atoms with Crippen molar-refractivity contribution in [3.05, 3.63) is 0 Å². The van der Waals surface area contributed by atoms with E-state index in [0.717, 1.165) is 17.9 Å². The molecule has 11 heavy (non-hydrogen) atoms. The van der Waals surface area contributed by atoms with Gasteiger partial charge >= 0.3 is 29.6 Å². The van der Waals surface area contributed by atoms with Crippen molar-refractivity contribution < 1.29 is 38.3 Å². The Balaban J connectivity index is 0. The van der Waals surface area contributed by atoms with Gasteiger partial charge in [0, 0.05) is 17.3 Å². The van der Waals surface area contributed by atoms with Gasteiger partial charge in [-0.15, -0.1) is 0 Å². The van der Waals surface area contributed by atoms with E-state index in [9.17, 15) is 8.76 Å². The van der Waals surface area contributed by atoms with Crippen molar-refractivity contribution in [3.8, 4) is 0 Å². The van der Waals surface area contributed by atoms with Gasteiger partial charge in [0.1, 0.15) is 0 Å². The maximum atomic E-state index is 10.0. The van der Waals surface area contributed by atoms with Gasteiger partial charge in [-0.25, -0.2) is 0 Å². The molecule has 0 rings (SSSR count). The molecule has 2 nitrogen and oxygen atoms in total. The zero-order chi connectivity index (χ0) is 7.82. The zero-order valence-corrected chi connectivity index (χ0v) is 11.3. The summed E-state index contributed by atoms with van der Waals surface area (Å²) in [5, 5.41) is 0. The molecule has 0 spiro atoms. The van der Waals surface area contributed by atoms with Crippen LogP contribution in [0, 0.1) is 0 Å². The Labute approximate surface area is 101 Å². The van der Waals surface area contributed by atoms with Crippen LogP contribution in [0.5, 0.6) is 0 Å². The molecular formula is C5H11NaO2S3. The largest absolute Gasteiger partial charge is 1.00 e. The van der Waals surface area contributed by atoms with Crippen LogP contribution in [0.15, 0.2) is 0 Å². The molecule has 0 saturated carbocycles. The average molecular weight is 222 g/mol. The summed E-state index contributed by atoms with van der Waals surface area (Å²) in [7, 11) is 3.51. The molecule has 1 unspecified atom stereocenters. The smallest absolute Gasteiger partial charge is 0.772 e. The molecule has 0 heterocycles. The molecule has 0 aromatic heterocycles. The van der Waals surface area contributed by atoms with Crippen molar-refractivity contribution >= 4 is 32.7 Å². The molecule has 0 bridgehead atoms. The van der Waals surface area contributed by atoms with Crippen molar-refractivity contribution in [2.45, 2.75) is 13.3 Å². The van der Waals surface area contributed by atoms with Crippen molar-refractivity contribution in [1.29, 1.82) is 0 Å². The monoisotopic (exact) mass is 222 g/mol. The van der Waals surface area contributed by atoms with E-state index in [1.54, 1.807) is 21.6 Å². The maximum absolute atomic E-state index is 10.0. The predicted octanol–water partition coefficient (Wildman–Crippen LogP) is -1.34. The zero-order valence-electron chi connectivity index (χ0n) is 6.87. The predicted molar refractivity (Wildman–Crippen MR) is 49.0 cm³/mol. The first-order valence-corrected chi connectivity index (χ1v) is 6.81. The molecule has 0 N–H and O–H groups in total. The van der Waals surface area contributed by atoms with Crippen LogP contribution < -0.4 is 29.6 Å². The number of hydrogen-bond acceptors (Lipinski definition) is 4. The Kier molecular flexibility index (Phi) is 16.4. The van der Waals surface area contributed by atoms with E-state index in [4.69, 9.17) is 0 Å². The molecule has 0 aromatic rings. The van der Waals surface area contributed by atoms with Crippen LogP contribution in [0.1, 0.15) is 13.3 Å². The summed E-state index contributed by atoms with van der Waals surface area (Å²) in [6.45, 7) is 2.09. The molecule has 0 amide bonds. The van der Waals surface area contributed by atoms with Gasteiger partial charge in [-0.3, -0.25) is 4.21 Å². The fourth-order valence-electron chi connectivity index (χ4n) is 0.378. The van der Waals surface area contributed by atoms with Crippen LogP contribution in [-0.4, -0.2) is 26.0 Å². The van der Waals surface area contributed by atoms with E-state index in [-0.39, 0.29) is 29.6 Å². The molecule has 0 saturated heterocycles. The van der Waals surface area contributed by atoms with Crippen molar-refractivity contribution in [2.24, 2.45) is 0 Å². The molecule has 0 aromatic carbocycles. The summed E-state index contributed by atoms with van der Waals surface area (Å²) >= 11 is -1.84. The normalized spacial score (nSPS) is 12.2. The Morgan fingerprint density at radius 1 is 1.45 bits per heavy atom. The van der Waals surface area contributed by atoms with Gasteiger partial charge in [0.2, 0.25) is 0 Å². The van der Waals surface area contributed by atoms with E-state index in [2.05, 4.69) is 6.92 Å². The fraction of sp³-hybridized carbons (Fsp3) is 1.00. The summed E-state index contributed by atoms with van der Waals surface area (Å²) < 4.78 is 20.0. The standard InChI is InChI=1S/C5H12O2S3.Na/c1-2-8-9-4-3-5-10(6)7;/h2-5H2,1H3,(H,6,7);/q;+1/p-1. The van der Waals surface area contributed by atoms with Gasteiger partial charge < -0.3 is 4.55 Å². The summed E-state index contributed by atoms with van der Waals surface area (Å²) in [6.07, 6.45) is 0.772. The van der Waals surface area contributed by atoms with Crippen LogP contribution in [0.2, 0.25) is 0 Å². The minimum atomic E-state index is -1.84. The second-order valence-corrected chi connectivity index (χ2v) is 5.48. The summed E-state index contributed by atoms with van der Waals surface area (Å²) in [6, 6.07) is 0. The van der Waals surface area contributed by atoms with Crippen LogP contribution in [-0.2, 0) is 11.1 Å². The van der Waals surface area contributed by atoms with Crippen LogP contribution in [0.25, 0.3) is 0 Å². The van der Waals surface area contributed by atoms with Crippen LogP contribution in [0.3, 0.4) is 0 Å². The van der Waals surface area contributed by atoms with Gasteiger partial charge in [-0.2, -0.15) is 0 Å². The van der Waals surface area contributed by atoms with E-state index >= 15 is 0 Å². The first kappa shape index (κ1) is 15.3. The second kappa shape index (κ2) is 11.8.